The fourth-order valence-corrected chi connectivity index (χ4v) is 2.75. The van der Waals surface area contributed by atoms with Gasteiger partial charge >= 0.3 is 0 Å². The van der Waals surface area contributed by atoms with Gasteiger partial charge in [0.05, 0.1) is 0 Å². The Morgan fingerprint density at radius 3 is 2.78 bits per heavy atom. The lowest BCUT2D eigenvalue weighted by atomic mass is 10.1. The van der Waals surface area contributed by atoms with Crippen LogP contribution < -0.4 is 15.8 Å². The lowest BCUT2D eigenvalue weighted by Gasteiger charge is -2.15. The second kappa shape index (κ2) is 6.08. The average molecular weight is 311 g/mol. The van der Waals surface area contributed by atoms with Crippen LogP contribution in [0.15, 0.2) is 47.4 Å². The van der Waals surface area contributed by atoms with Gasteiger partial charge in [-0.3, -0.25) is 14.4 Å². The highest BCUT2D eigenvalue weighted by Crippen LogP contribution is 2.30. The van der Waals surface area contributed by atoms with Gasteiger partial charge in [-0.2, -0.15) is 0 Å². The first kappa shape index (κ1) is 15.0. The number of benzene rings is 1. The molecule has 118 valence electrons. The Balaban J connectivity index is 1.72. The molecule has 1 aromatic carbocycles. The number of amides is 2. The average Bonchev–Trinajstić information content (AvgIpc) is 2.93. The van der Waals surface area contributed by atoms with E-state index in [9.17, 15) is 14.4 Å². The van der Waals surface area contributed by atoms with Crippen molar-refractivity contribution in [1.82, 2.24) is 4.57 Å². The third kappa shape index (κ3) is 3.15. The molecule has 6 nitrogen and oxygen atoms in total. The van der Waals surface area contributed by atoms with Gasteiger partial charge in [-0.25, -0.2) is 0 Å². The highest BCUT2D eigenvalue weighted by Gasteiger charge is 2.22. The van der Waals surface area contributed by atoms with E-state index in [0.29, 0.717) is 12.2 Å². The van der Waals surface area contributed by atoms with Gasteiger partial charge in [0.1, 0.15) is 6.54 Å². The maximum atomic E-state index is 12.1. The normalized spacial score (nSPS) is 12.8. The minimum Gasteiger partial charge on any atom is -0.325 e. The highest BCUT2D eigenvalue weighted by molar-refractivity contribution is 5.95. The number of hydrogen-bond donors (Lipinski definition) is 1. The van der Waals surface area contributed by atoms with Gasteiger partial charge in [0.15, 0.2) is 0 Å². The molecule has 1 N–H and O–H groups in total. The number of aromatic nitrogens is 1. The first-order valence-corrected chi connectivity index (χ1v) is 7.41. The van der Waals surface area contributed by atoms with Crippen molar-refractivity contribution in [2.45, 2.75) is 19.9 Å². The molecule has 23 heavy (non-hydrogen) atoms. The van der Waals surface area contributed by atoms with Crippen molar-refractivity contribution in [3.8, 4) is 0 Å². The second-order valence-corrected chi connectivity index (χ2v) is 5.48. The fourth-order valence-electron chi connectivity index (χ4n) is 2.75. The Morgan fingerprint density at radius 2 is 2.04 bits per heavy atom. The Kier molecular flexibility index (Phi) is 3.97. The minimum atomic E-state index is -0.264. The van der Waals surface area contributed by atoms with Gasteiger partial charge in [0, 0.05) is 37.1 Å². The zero-order valence-electron chi connectivity index (χ0n) is 12.8. The summed E-state index contributed by atoms with van der Waals surface area (Å²) in [6.07, 6.45) is 2.35. The van der Waals surface area contributed by atoms with Gasteiger partial charge in [-0.15, -0.1) is 0 Å². The van der Waals surface area contributed by atoms with Crippen molar-refractivity contribution in [3.05, 3.63) is 58.5 Å². The first-order valence-electron chi connectivity index (χ1n) is 7.41. The van der Waals surface area contributed by atoms with E-state index in [1.54, 1.807) is 36.2 Å². The molecule has 0 fully saturated rings. The molecule has 2 heterocycles. The molecule has 0 saturated heterocycles. The van der Waals surface area contributed by atoms with E-state index >= 15 is 0 Å². The Bertz CT molecular complexity index is 826. The van der Waals surface area contributed by atoms with E-state index in [1.807, 2.05) is 12.1 Å². The van der Waals surface area contributed by atoms with Crippen LogP contribution >= 0.6 is 0 Å². The molecule has 1 aliphatic rings. The van der Waals surface area contributed by atoms with Crippen LogP contribution in [-0.2, 0) is 22.6 Å². The number of anilines is 2. The van der Waals surface area contributed by atoms with Crippen molar-refractivity contribution >= 4 is 23.2 Å². The SMILES string of the molecule is CC(=O)N1CCc2cc(NC(=O)Cn3ccccc3=O)ccc21. The summed E-state index contributed by atoms with van der Waals surface area (Å²) >= 11 is 0. The summed E-state index contributed by atoms with van der Waals surface area (Å²) in [6, 6.07) is 10.3. The van der Waals surface area contributed by atoms with Crippen molar-refractivity contribution in [1.29, 1.82) is 0 Å². The van der Waals surface area contributed by atoms with E-state index in [-0.39, 0.29) is 23.9 Å². The molecule has 2 amide bonds. The standard InChI is InChI=1S/C17H17N3O3/c1-12(21)20-9-7-13-10-14(5-6-15(13)20)18-16(22)11-19-8-3-2-4-17(19)23/h2-6,8,10H,7,9,11H2,1H3,(H,18,22). The molecule has 0 atom stereocenters. The number of pyridine rings is 1. The molecule has 2 aromatic rings. The number of nitrogens with one attached hydrogen (secondary N) is 1. The molecule has 1 aliphatic heterocycles. The summed E-state index contributed by atoms with van der Waals surface area (Å²) in [4.78, 5) is 36.9. The van der Waals surface area contributed by atoms with Gasteiger partial charge in [-0.1, -0.05) is 6.07 Å². The number of hydrogen-bond acceptors (Lipinski definition) is 3. The molecule has 0 radical (unpaired) electrons. The molecule has 3 rings (SSSR count). The van der Waals surface area contributed by atoms with Crippen LogP contribution in [0.4, 0.5) is 11.4 Å². The van der Waals surface area contributed by atoms with Crippen LogP contribution in [0.2, 0.25) is 0 Å². The monoisotopic (exact) mass is 311 g/mol. The van der Waals surface area contributed by atoms with Crippen LogP contribution in [0.25, 0.3) is 0 Å². The zero-order valence-corrected chi connectivity index (χ0v) is 12.8. The number of rotatable bonds is 3. The Morgan fingerprint density at radius 1 is 1.22 bits per heavy atom. The maximum absolute atomic E-state index is 12.1. The van der Waals surface area contributed by atoms with Crippen LogP contribution in [0.3, 0.4) is 0 Å². The third-order valence-electron chi connectivity index (χ3n) is 3.85. The van der Waals surface area contributed by atoms with Gasteiger partial charge in [-0.05, 0) is 36.2 Å². The van der Waals surface area contributed by atoms with Crippen molar-refractivity contribution in [2.75, 3.05) is 16.8 Å². The molecule has 0 aliphatic carbocycles. The molecule has 0 bridgehead atoms. The minimum absolute atomic E-state index is 0.0176. The quantitative estimate of drug-likeness (QED) is 0.931. The highest BCUT2D eigenvalue weighted by atomic mass is 16.2. The summed E-state index contributed by atoms with van der Waals surface area (Å²) in [6.45, 7) is 2.18. The van der Waals surface area contributed by atoms with Crippen LogP contribution in [0.1, 0.15) is 12.5 Å². The summed E-state index contributed by atoms with van der Waals surface area (Å²) in [5.41, 5.74) is 2.39. The zero-order chi connectivity index (χ0) is 16.4. The van der Waals surface area contributed by atoms with Crippen molar-refractivity contribution in [2.24, 2.45) is 0 Å². The molecular weight excluding hydrogens is 294 g/mol. The predicted octanol–water partition coefficient (Wildman–Crippen LogP) is 1.40. The van der Waals surface area contributed by atoms with E-state index in [2.05, 4.69) is 5.32 Å². The van der Waals surface area contributed by atoms with Crippen molar-refractivity contribution < 1.29 is 9.59 Å². The first-order chi connectivity index (χ1) is 11.0. The molecular formula is C17H17N3O3. The summed E-state index contributed by atoms with van der Waals surface area (Å²) < 4.78 is 1.35. The number of nitrogens with zero attached hydrogens (tertiary/aromatic N) is 2. The van der Waals surface area contributed by atoms with E-state index < -0.39 is 0 Å². The van der Waals surface area contributed by atoms with Crippen LogP contribution in [-0.4, -0.2) is 22.9 Å². The summed E-state index contributed by atoms with van der Waals surface area (Å²) in [7, 11) is 0. The summed E-state index contributed by atoms with van der Waals surface area (Å²) in [5.74, 6) is -0.247. The van der Waals surface area contributed by atoms with E-state index in [4.69, 9.17) is 0 Å². The lowest BCUT2D eigenvalue weighted by Crippen LogP contribution is -2.26. The van der Waals surface area contributed by atoms with E-state index in [1.165, 1.54) is 10.6 Å². The molecule has 1 aromatic heterocycles. The number of carbonyl (C=O) groups excluding carboxylic acids is 2. The van der Waals surface area contributed by atoms with Crippen molar-refractivity contribution in [3.63, 3.8) is 0 Å². The number of fused-ring (bicyclic) bond motifs is 1. The predicted molar refractivity (Wildman–Crippen MR) is 87.5 cm³/mol. The second-order valence-electron chi connectivity index (χ2n) is 5.48. The fraction of sp³-hybridized carbons (Fsp3) is 0.235. The maximum Gasteiger partial charge on any atom is 0.250 e. The number of carbonyl (C=O) groups is 2. The van der Waals surface area contributed by atoms with Gasteiger partial charge in [0.25, 0.3) is 5.56 Å². The lowest BCUT2D eigenvalue weighted by molar-refractivity contribution is -0.117. The third-order valence-corrected chi connectivity index (χ3v) is 3.85. The van der Waals surface area contributed by atoms with Crippen LogP contribution in [0, 0.1) is 0 Å². The van der Waals surface area contributed by atoms with Gasteiger partial charge < -0.3 is 14.8 Å². The largest absolute Gasteiger partial charge is 0.325 e. The molecule has 0 saturated carbocycles. The van der Waals surface area contributed by atoms with Crippen LogP contribution in [0.5, 0.6) is 0 Å². The molecule has 0 unspecified atom stereocenters. The summed E-state index contributed by atoms with van der Waals surface area (Å²) in [5, 5.41) is 2.79. The topological polar surface area (TPSA) is 71.4 Å². The molecule has 6 heteroatoms. The molecule has 0 spiro atoms. The van der Waals surface area contributed by atoms with Gasteiger partial charge in [0.2, 0.25) is 11.8 Å². The Labute approximate surface area is 133 Å². The Hall–Kier alpha value is -2.89. The smallest absolute Gasteiger partial charge is 0.250 e. The van der Waals surface area contributed by atoms with E-state index in [0.717, 1.165) is 17.7 Å².